The van der Waals surface area contributed by atoms with Gasteiger partial charge in [0.2, 0.25) is 0 Å². The van der Waals surface area contributed by atoms with Crippen LogP contribution in [0, 0.1) is 5.92 Å². The summed E-state index contributed by atoms with van der Waals surface area (Å²) in [6.07, 6.45) is 3.94. The molecular weight excluding hydrogens is 266 g/mol. The first-order chi connectivity index (χ1) is 8.55. The van der Waals surface area contributed by atoms with Gasteiger partial charge in [0.05, 0.1) is 5.75 Å². The summed E-state index contributed by atoms with van der Waals surface area (Å²) in [4.78, 5) is 11.7. The average molecular weight is 291 g/mol. The lowest BCUT2D eigenvalue weighted by atomic mass is 9.88. The number of carbonyl (C=O) groups is 1. The Morgan fingerprint density at radius 3 is 2.47 bits per heavy atom. The van der Waals surface area contributed by atoms with E-state index in [4.69, 9.17) is 4.74 Å². The molecule has 1 N–H and O–H groups in total. The second-order valence-electron chi connectivity index (χ2n) is 6.53. The van der Waals surface area contributed by atoms with E-state index in [9.17, 15) is 13.2 Å². The number of hydrogen-bond acceptors (Lipinski definition) is 4. The predicted octanol–water partition coefficient (Wildman–Crippen LogP) is 2.11. The smallest absolute Gasteiger partial charge is 0.407 e. The minimum absolute atomic E-state index is 0.108. The molecule has 0 aliphatic heterocycles. The van der Waals surface area contributed by atoms with Crippen molar-refractivity contribution in [1.29, 1.82) is 0 Å². The van der Waals surface area contributed by atoms with Gasteiger partial charge in [-0.3, -0.25) is 0 Å². The quantitative estimate of drug-likeness (QED) is 0.864. The van der Waals surface area contributed by atoms with Gasteiger partial charge in [-0.1, -0.05) is 0 Å². The molecule has 5 nitrogen and oxygen atoms in total. The van der Waals surface area contributed by atoms with E-state index in [-0.39, 0.29) is 23.3 Å². The lowest BCUT2D eigenvalue weighted by Gasteiger charge is -2.29. The van der Waals surface area contributed by atoms with E-state index in [1.807, 2.05) is 20.8 Å². The van der Waals surface area contributed by atoms with Gasteiger partial charge in [-0.25, -0.2) is 13.2 Å². The molecule has 0 aromatic rings. The first kappa shape index (κ1) is 16.3. The van der Waals surface area contributed by atoms with Crippen molar-refractivity contribution >= 4 is 15.9 Å². The van der Waals surface area contributed by atoms with Gasteiger partial charge in [-0.05, 0) is 52.4 Å². The molecule has 0 spiro atoms. The number of rotatable bonds is 3. The van der Waals surface area contributed by atoms with Gasteiger partial charge in [-0.15, -0.1) is 0 Å². The largest absolute Gasteiger partial charge is 0.446 e. The summed E-state index contributed by atoms with van der Waals surface area (Å²) in [5, 5.41) is 2.75. The minimum atomic E-state index is -2.96. The topological polar surface area (TPSA) is 72.5 Å². The minimum Gasteiger partial charge on any atom is -0.446 e. The van der Waals surface area contributed by atoms with E-state index in [2.05, 4.69) is 5.32 Å². The van der Waals surface area contributed by atoms with Crippen LogP contribution in [0.25, 0.3) is 0 Å². The second-order valence-corrected chi connectivity index (χ2v) is 8.71. The fraction of sp³-hybridized carbons (Fsp3) is 0.923. The molecule has 6 heteroatoms. The number of ether oxygens (including phenoxy) is 1. The van der Waals surface area contributed by atoms with Crippen LogP contribution in [0.15, 0.2) is 0 Å². The summed E-state index contributed by atoms with van der Waals surface area (Å²) >= 11 is 0. The van der Waals surface area contributed by atoms with Gasteiger partial charge >= 0.3 is 6.09 Å². The molecular formula is C13H25NO4S. The van der Waals surface area contributed by atoms with E-state index < -0.39 is 15.9 Å². The fourth-order valence-electron chi connectivity index (χ4n) is 2.42. The number of nitrogens with one attached hydrogen (secondary N) is 1. The zero-order chi connectivity index (χ0) is 14.7. The van der Waals surface area contributed by atoms with Crippen molar-refractivity contribution < 1.29 is 17.9 Å². The van der Waals surface area contributed by atoms with Crippen molar-refractivity contribution in [2.75, 3.05) is 12.0 Å². The van der Waals surface area contributed by atoms with Crippen LogP contribution < -0.4 is 5.32 Å². The highest BCUT2D eigenvalue weighted by Gasteiger charge is 2.27. The van der Waals surface area contributed by atoms with Gasteiger partial charge < -0.3 is 10.1 Å². The van der Waals surface area contributed by atoms with Crippen LogP contribution >= 0.6 is 0 Å². The standard InChI is InChI=1S/C13H25NO4S/c1-13(2,3)14-12(15)18-11-7-5-6-10(8-11)9-19(4,16)17/h10-11H,5-9H2,1-4H3,(H,14,15). The monoisotopic (exact) mass is 291 g/mol. The van der Waals surface area contributed by atoms with Gasteiger partial charge in [0.15, 0.2) is 0 Å². The maximum atomic E-state index is 11.7. The third-order valence-electron chi connectivity index (χ3n) is 3.02. The number of sulfone groups is 1. The Morgan fingerprint density at radius 1 is 1.32 bits per heavy atom. The van der Waals surface area contributed by atoms with Crippen LogP contribution in [0.1, 0.15) is 46.5 Å². The molecule has 2 atom stereocenters. The third kappa shape index (κ3) is 7.40. The van der Waals surface area contributed by atoms with Crippen molar-refractivity contribution in [3.05, 3.63) is 0 Å². The molecule has 0 bridgehead atoms. The van der Waals surface area contributed by atoms with Gasteiger partial charge in [0.25, 0.3) is 0 Å². The predicted molar refractivity (Wildman–Crippen MR) is 74.8 cm³/mol. The lowest BCUT2D eigenvalue weighted by Crippen LogP contribution is -2.43. The zero-order valence-corrected chi connectivity index (χ0v) is 13.0. The highest BCUT2D eigenvalue weighted by Crippen LogP contribution is 2.27. The van der Waals surface area contributed by atoms with E-state index in [0.29, 0.717) is 6.42 Å². The number of hydrogen-bond donors (Lipinski definition) is 1. The summed E-state index contributed by atoms with van der Waals surface area (Å²) in [5.74, 6) is 0.296. The molecule has 0 saturated heterocycles. The molecule has 1 aliphatic carbocycles. The molecule has 0 aromatic carbocycles. The van der Waals surface area contributed by atoms with Gasteiger partial charge in [0.1, 0.15) is 15.9 Å². The molecule has 0 heterocycles. The Bertz CT molecular complexity index is 411. The van der Waals surface area contributed by atoms with Crippen LogP contribution in [-0.4, -0.2) is 38.2 Å². The molecule has 0 radical (unpaired) electrons. The summed E-state index contributed by atoms with van der Waals surface area (Å²) in [7, 11) is -2.96. The van der Waals surface area contributed by atoms with Crippen LogP contribution in [-0.2, 0) is 14.6 Å². The third-order valence-corrected chi connectivity index (χ3v) is 4.10. The van der Waals surface area contributed by atoms with Gasteiger partial charge in [-0.2, -0.15) is 0 Å². The van der Waals surface area contributed by atoms with Crippen LogP contribution in [0.5, 0.6) is 0 Å². The zero-order valence-electron chi connectivity index (χ0n) is 12.2. The SMILES string of the molecule is CC(C)(C)NC(=O)OC1CCCC(CS(C)(=O)=O)C1. The molecule has 1 amide bonds. The molecule has 1 saturated carbocycles. The van der Waals surface area contributed by atoms with Crippen molar-refractivity contribution in [3.63, 3.8) is 0 Å². The second kappa shape index (κ2) is 6.11. The van der Waals surface area contributed by atoms with E-state index in [1.54, 1.807) is 0 Å². The average Bonchev–Trinajstić information content (AvgIpc) is 2.11. The van der Waals surface area contributed by atoms with Crippen molar-refractivity contribution in [2.45, 2.75) is 58.1 Å². The number of carbonyl (C=O) groups excluding carboxylic acids is 1. The first-order valence-corrected chi connectivity index (χ1v) is 8.78. The Kier molecular flexibility index (Phi) is 5.24. The Balaban J connectivity index is 2.45. The van der Waals surface area contributed by atoms with Crippen LogP contribution in [0.4, 0.5) is 4.79 Å². The highest BCUT2D eigenvalue weighted by molar-refractivity contribution is 7.90. The maximum absolute atomic E-state index is 11.7. The molecule has 112 valence electrons. The summed E-state index contributed by atoms with van der Waals surface area (Å²) in [6.45, 7) is 5.67. The summed E-state index contributed by atoms with van der Waals surface area (Å²) in [6, 6.07) is 0. The highest BCUT2D eigenvalue weighted by atomic mass is 32.2. The Morgan fingerprint density at radius 2 is 1.95 bits per heavy atom. The van der Waals surface area contributed by atoms with Crippen molar-refractivity contribution in [3.8, 4) is 0 Å². The van der Waals surface area contributed by atoms with Crippen LogP contribution in [0.3, 0.4) is 0 Å². The van der Waals surface area contributed by atoms with E-state index in [0.717, 1.165) is 19.3 Å². The number of amides is 1. The van der Waals surface area contributed by atoms with Crippen LogP contribution in [0.2, 0.25) is 0 Å². The molecule has 1 aliphatic rings. The first-order valence-electron chi connectivity index (χ1n) is 6.72. The molecule has 0 aromatic heterocycles. The lowest BCUT2D eigenvalue weighted by molar-refractivity contribution is 0.0585. The van der Waals surface area contributed by atoms with Gasteiger partial charge in [0, 0.05) is 11.8 Å². The fourth-order valence-corrected chi connectivity index (χ4v) is 3.57. The maximum Gasteiger partial charge on any atom is 0.407 e. The van der Waals surface area contributed by atoms with E-state index in [1.165, 1.54) is 6.26 Å². The summed E-state index contributed by atoms with van der Waals surface area (Å²) < 4.78 is 28.0. The molecule has 1 rings (SSSR count). The normalized spacial score (nSPS) is 24.8. The molecule has 1 fully saturated rings. The summed E-state index contributed by atoms with van der Waals surface area (Å²) in [5.41, 5.74) is -0.322. The molecule has 19 heavy (non-hydrogen) atoms. The van der Waals surface area contributed by atoms with Crippen molar-refractivity contribution in [1.82, 2.24) is 5.32 Å². The number of alkyl carbamates (subject to hydrolysis) is 1. The molecule has 2 unspecified atom stereocenters. The van der Waals surface area contributed by atoms with E-state index >= 15 is 0 Å². The Labute approximate surface area is 116 Å². The van der Waals surface area contributed by atoms with Crippen molar-refractivity contribution in [2.24, 2.45) is 5.92 Å². The Hall–Kier alpha value is -0.780.